The van der Waals surface area contributed by atoms with Crippen LogP contribution in [0.1, 0.15) is 33.0 Å². The summed E-state index contributed by atoms with van der Waals surface area (Å²) in [5.74, 6) is 0.332. The predicted octanol–water partition coefficient (Wildman–Crippen LogP) is 5.22. The summed E-state index contributed by atoms with van der Waals surface area (Å²) in [6.45, 7) is 4.35. The van der Waals surface area contributed by atoms with Crippen molar-refractivity contribution < 1.29 is 9.53 Å². The Morgan fingerprint density at radius 2 is 1.76 bits per heavy atom. The van der Waals surface area contributed by atoms with Gasteiger partial charge in [0.25, 0.3) is 5.91 Å². The van der Waals surface area contributed by atoms with Crippen LogP contribution in [0.15, 0.2) is 96.1 Å². The molecule has 3 aromatic carbocycles. The molecule has 5 rings (SSSR count). The smallest absolute Gasteiger partial charge is 0.289 e. The first-order chi connectivity index (χ1) is 18.1. The number of carbonyl (C=O) groups is 1. The number of benzene rings is 3. The molecule has 0 saturated carbocycles. The van der Waals surface area contributed by atoms with Crippen LogP contribution in [0.4, 0.5) is 0 Å². The first kappa shape index (κ1) is 23.7. The lowest BCUT2D eigenvalue weighted by atomic mass is 10.1. The van der Waals surface area contributed by atoms with Crippen molar-refractivity contribution in [3.8, 4) is 22.7 Å². The SMILES string of the molecule is Cc1nn(-c2ccccc2)c(C)c1C=NNC(=O)c1cc(-c2cccc(OCc3ccccc3)c2)n[nH]1. The molecule has 2 heterocycles. The molecule has 0 fully saturated rings. The summed E-state index contributed by atoms with van der Waals surface area (Å²) in [7, 11) is 0. The second-order valence-electron chi connectivity index (χ2n) is 8.50. The summed E-state index contributed by atoms with van der Waals surface area (Å²) in [6, 6.07) is 29.1. The van der Waals surface area contributed by atoms with Gasteiger partial charge in [0.1, 0.15) is 18.1 Å². The zero-order valence-corrected chi connectivity index (χ0v) is 20.6. The van der Waals surface area contributed by atoms with E-state index in [-0.39, 0.29) is 0 Å². The number of aromatic amines is 1. The molecular weight excluding hydrogens is 464 g/mol. The van der Waals surface area contributed by atoms with E-state index in [0.29, 0.717) is 18.0 Å². The highest BCUT2D eigenvalue weighted by atomic mass is 16.5. The van der Waals surface area contributed by atoms with Crippen LogP contribution in [0.5, 0.6) is 5.75 Å². The molecule has 0 aliphatic rings. The van der Waals surface area contributed by atoms with Gasteiger partial charge in [0, 0.05) is 11.1 Å². The van der Waals surface area contributed by atoms with Gasteiger partial charge < -0.3 is 4.74 Å². The third-order valence-corrected chi connectivity index (χ3v) is 5.91. The fourth-order valence-corrected chi connectivity index (χ4v) is 3.95. The highest BCUT2D eigenvalue weighted by molar-refractivity contribution is 5.94. The summed E-state index contributed by atoms with van der Waals surface area (Å²) in [5, 5.41) is 15.8. The molecule has 0 atom stereocenters. The Hall–Kier alpha value is -4.98. The summed E-state index contributed by atoms with van der Waals surface area (Å²) < 4.78 is 7.77. The molecule has 0 bridgehead atoms. The molecule has 0 saturated heterocycles. The quantitative estimate of drug-likeness (QED) is 0.230. The van der Waals surface area contributed by atoms with Crippen LogP contribution < -0.4 is 10.2 Å². The van der Waals surface area contributed by atoms with E-state index in [2.05, 4.69) is 25.8 Å². The maximum Gasteiger partial charge on any atom is 0.289 e. The number of hydrazone groups is 1. The molecule has 0 radical (unpaired) electrons. The van der Waals surface area contributed by atoms with Crippen LogP contribution in [0.3, 0.4) is 0 Å². The molecule has 2 aromatic heterocycles. The van der Waals surface area contributed by atoms with Gasteiger partial charge in [-0.25, -0.2) is 10.1 Å². The number of rotatable bonds is 8. The van der Waals surface area contributed by atoms with E-state index < -0.39 is 5.91 Å². The first-order valence-corrected chi connectivity index (χ1v) is 11.9. The van der Waals surface area contributed by atoms with Gasteiger partial charge in [0.05, 0.1) is 29.0 Å². The van der Waals surface area contributed by atoms with Crippen LogP contribution in [0.2, 0.25) is 0 Å². The number of ether oxygens (including phenoxy) is 1. The Labute approximate surface area is 214 Å². The summed E-state index contributed by atoms with van der Waals surface area (Å²) in [4.78, 5) is 12.7. The van der Waals surface area contributed by atoms with E-state index in [1.165, 1.54) is 0 Å². The van der Waals surface area contributed by atoms with Crippen LogP contribution in [0.25, 0.3) is 16.9 Å². The minimum atomic E-state index is -0.391. The van der Waals surface area contributed by atoms with Crippen LogP contribution in [-0.2, 0) is 6.61 Å². The summed E-state index contributed by atoms with van der Waals surface area (Å²) in [6.07, 6.45) is 1.61. The number of amides is 1. The molecule has 0 aliphatic carbocycles. The molecule has 8 heteroatoms. The summed E-state index contributed by atoms with van der Waals surface area (Å²) >= 11 is 0. The molecule has 2 N–H and O–H groups in total. The molecule has 8 nitrogen and oxygen atoms in total. The van der Waals surface area contributed by atoms with Gasteiger partial charge in [0.15, 0.2) is 0 Å². The fourth-order valence-electron chi connectivity index (χ4n) is 3.95. The minimum absolute atomic E-state index is 0.302. The van der Waals surface area contributed by atoms with Crippen molar-refractivity contribution in [1.29, 1.82) is 0 Å². The van der Waals surface area contributed by atoms with E-state index in [0.717, 1.165) is 39.5 Å². The first-order valence-electron chi connectivity index (χ1n) is 11.9. The average molecular weight is 491 g/mol. The minimum Gasteiger partial charge on any atom is -0.489 e. The Morgan fingerprint density at radius 3 is 2.54 bits per heavy atom. The maximum atomic E-state index is 12.7. The van der Waals surface area contributed by atoms with Crippen molar-refractivity contribution in [2.45, 2.75) is 20.5 Å². The van der Waals surface area contributed by atoms with E-state index in [9.17, 15) is 4.79 Å². The van der Waals surface area contributed by atoms with Crippen molar-refractivity contribution in [3.05, 3.63) is 119 Å². The third kappa shape index (κ3) is 5.48. The molecule has 0 aliphatic heterocycles. The Balaban J connectivity index is 1.24. The van der Waals surface area contributed by atoms with Gasteiger partial charge in [-0.05, 0) is 49.7 Å². The number of H-pyrrole nitrogens is 1. The average Bonchev–Trinajstić information content (AvgIpc) is 3.54. The van der Waals surface area contributed by atoms with Crippen LogP contribution in [0, 0.1) is 13.8 Å². The summed E-state index contributed by atoms with van der Waals surface area (Å²) in [5.41, 5.74) is 8.99. The Bertz CT molecular complexity index is 1540. The maximum absolute atomic E-state index is 12.7. The molecule has 1 amide bonds. The van der Waals surface area contributed by atoms with Crippen molar-refractivity contribution in [2.75, 3.05) is 0 Å². The van der Waals surface area contributed by atoms with Gasteiger partial charge in [-0.15, -0.1) is 0 Å². The Kier molecular flexibility index (Phi) is 6.89. The second kappa shape index (κ2) is 10.7. The van der Waals surface area contributed by atoms with E-state index in [1.54, 1.807) is 12.3 Å². The van der Waals surface area contributed by atoms with Crippen LogP contribution >= 0.6 is 0 Å². The second-order valence-corrected chi connectivity index (χ2v) is 8.50. The molecule has 0 unspecified atom stereocenters. The van der Waals surface area contributed by atoms with Gasteiger partial charge in [0.2, 0.25) is 0 Å². The van der Waals surface area contributed by atoms with Crippen LogP contribution in [-0.4, -0.2) is 32.1 Å². The molecule has 0 spiro atoms. The monoisotopic (exact) mass is 490 g/mol. The highest BCUT2D eigenvalue weighted by Gasteiger charge is 2.13. The number of nitrogens with one attached hydrogen (secondary N) is 2. The van der Waals surface area contributed by atoms with Crippen molar-refractivity contribution in [3.63, 3.8) is 0 Å². The van der Waals surface area contributed by atoms with Crippen molar-refractivity contribution in [1.82, 2.24) is 25.4 Å². The standard InChI is InChI=1S/C29H26N6O2/c1-20-26(21(2)35(34-20)24-13-7-4-8-14-24)18-30-33-29(36)28-17-27(31-32-28)23-12-9-15-25(16-23)37-19-22-10-5-3-6-11-22/h3-18H,19H2,1-2H3,(H,31,32)(H,33,36). The van der Waals surface area contributed by atoms with Crippen molar-refractivity contribution in [2.24, 2.45) is 5.10 Å². The van der Waals surface area contributed by atoms with Gasteiger partial charge in [-0.3, -0.25) is 9.89 Å². The lowest BCUT2D eigenvalue weighted by Crippen LogP contribution is -2.18. The Morgan fingerprint density at radius 1 is 1.00 bits per heavy atom. The van der Waals surface area contributed by atoms with Gasteiger partial charge in [-0.2, -0.15) is 15.3 Å². The molecular formula is C29H26N6O2. The largest absolute Gasteiger partial charge is 0.489 e. The van der Waals surface area contributed by atoms with Gasteiger partial charge >= 0.3 is 0 Å². The number of hydrogen-bond acceptors (Lipinski definition) is 5. The number of carbonyl (C=O) groups excluding carboxylic acids is 1. The fraction of sp³-hybridized carbons (Fsp3) is 0.103. The molecule has 37 heavy (non-hydrogen) atoms. The van der Waals surface area contributed by atoms with E-state index in [1.807, 2.05) is 103 Å². The van der Waals surface area contributed by atoms with Gasteiger partial charge in [-0.1, -0.05) is 60.7 Å². The normalized spacial score (nSPS) is 11.1. The lowest BCUT2D eigenvalue weighted by molar-refractivity contribution is 0.0950. The topological polar surface area (TPSA) is 97.2 Å². The molecule has 5 aromatic rings. The zero-order chi connectivity index (χ0) is 25.6. The highest BCUT2D eigenvalue weighted by Crippen LogP contribution is 2.23. The zero-order valence-electron chi connectivity index (χ0n) is 20.6. The molecule has 184 valence electrons. The third-order valence-electron chi connectivity index (χ3n) is 5.91. The number of nitrogens with zero attached hydrogens (tertiary/aromatic N) is 4. The number of para-hydroxylation sites is 1. The lowest BCUT2D eigenvalue weighted by Gasteiger charge is -2.07. The predicted molar refractivity (Wildman–Crippen MR) is 143 cm³/mol. The number of hydrogen-bond donors (Lipinski definition) is 2. The van der Waals surface area contributed by atoms with E-state index >= 15 is 0 Å². The van der Waals surface area contributed by atoms with E-state index in [4.69, 9.17) is 4.74 Å². The number of aryl methyl sites for hydroxylation is 1. The van der Waals surface area contributed by atoms with Crippen molar-refractivity contribution >= 4 is 12.1 Å². The number of aromatic nitrogens is 4.